The van der Waals surface area contributed by atoms with Crippen molar-refractivity contribution in [1.82, 2.24) is 0 Å². The quantitative estimate of drug-likeness (QED) is 0.493. The number of alkyl halides is 2. The standard InChI is InChI=1S/C5H11F2NO/c1-5(6,7)4-8-2-3-9/h8-9H,2-4H2,1H3/p+1. The molecular weight excluding hydrogens is 128 g/mol. The smallest absolute Gasteiger partial charge is 0.292 e. The van der Waals surface area contributed by atoms with Crippen LogP contribution in [0.15, 0.2) is 0 Å². The van der Waals surface area contributed by atoms with E-state index in [1.165, 1.54) is 5.32 Å². The summed E-state index contributed by atoms with van der Waals surface area (Å²) < 4.78 is 23.9. The lowest BCUT2D eigenvalue weighted by Gasteiger charge is -2.06. The monoisotopic (exact) mass is 140 g/mol. The summed E-state index contributed by atoms with van der Waals surface area (Å²) in [6, 6.07) is 0. The zero-order chi connectivity index (χ0) is 7.33. The van der Waals surface area contributed by atoms with Crippen LogP contribution >= 0.6 is 0 Å². The highest BCUT2D eigenvalue weighted by molar-refractivity contribution is 4.50. The van der Waals surface area contributed by atoms with Crippen LogP contribution in [0.2, 0.25) is 0 Å². The van der Waals surface area contributed by atoms with Crippen molar-refractivity contribution in [3.63, 3.8) is 0 Å². The molecule has 3 N–H and O–H groups in total. The van der Waals surface area contributed by atoms with Crippen molar-refractivity contribution in [2.45, 2.75) is 12.8 Å². The van der Waals surface area contributed by atoms with Gasteiger partial charge in [-0.15, -0.1) is 0 Å². The van der Waals surface area contributed by atoms with Gasteiger partial charge in [-0.3, -0.25) is 0 Å². The number of hydrogen-bond donors (Lipinski definition) is 2. The van der Waals surface area contributed by atoms with E-state index in [0.29, 0.717) is 6.54 Å². The number of halogens is 2. The summed E-state index contributed by atoms with van der Waals surface area (Å²) in [5, 5.41) is 9.58. The van der Waals surface area contributed by atoms with Crippen LogP contribution in [0.3, 0.4) is 0 Å². The number of aliphatic hydroxyl groups is 1. The third-order valence-corrected chi connectivity index (χ3v) is 0.836. The molecule has 0 aliphatic carbocycles. The second-order valence-electron chi connectivity index (χ2n) is 2.08. The largest absolute Gasteiger partial charge is 0.391 e. The van der Waals surface area contributed by atoms with Crippen molar-refractivity contribution in [3.8, 4) is 0 Å². The molecule has 0 radical (unpaired) electrons. The lowest BCUT2D eigenvalue weighted by atomic mass is 10.4. The summed E-state index contributed by atoms with van der Waals surface area (Å²) in [6.07, 6.45) is 0. The molecule has 0 unspecified atom stereocenters. The molecule has 2 nitrogen and oxygen atoms in total. The molecule has 0 saturated heterocycles. The molecule has 0 heterocycles. The molecular formula is C5H12F2NO+. The summed E-state index contributed by atoms with van der Waals surface area (Å²) in [7, 11) is 0. The van der Waals surface area contributed by atoms with E-state index in [1.54, 1.807) is 0 Å². The molecule has 0 bridgehead atoms. The number of rotatable bonds is 4. The zero-order valence-corrected chi connectivity index (χ0v) is 5.40. The summed E-state index contributed by atoms with van der Waals surface area (Å²) >= 11 is 0. The van der Waals surface area contributed by atoms with Gasteiger partial charge in [0.25, 0.3) is 5.92 Å². The highest BCUT2D eigenvalue weighted by atomic mass is 19.3. The third-order valence-electron chi connectivity index (χ3n) is 0.836. The molecule has 0 aromatic heterocycles. The SMILES string of the molecule is CC(F)(F)C[NH2+]CCO. The van der Waals surface area contributed by atoms with Gasteiger partial charge in [-0.1, -0.05) is 0 Å². The Morgan fingerprint density at radius 2 is 2.11 bits per heavy atom. The molecule has 56 valence electrons. The molecule has 0 aliphatic rings. The highest BCUT2D eigenvalue weighted by Crippen LogP contribution is 2.06. The fourth-order valence-corrected chi connectivity index (χ4v) is 0.447. The van der Waals surface area contributed by atoms with E-state index >= 15 is 0 Å². The number of hydrogen-bond acceptors (Lipinski definition) is 1. The molecule has 0 saturated carbocycles. The maximum Gasteiger partial charge on any atom is 0.292 e. The lowest BCUT2D eigenvalue weighted by Crippen LogP contribution is -2.87. The first-order chi connectivity index (χ1) is 4.06. The van der Waals surface area contributed by atoms with Crippen LogP contribution in [0.1, 0.15) is 6.92 Å². The van der Waals surface area contributed by atoms with E-state index in [4.69, 9.17) is 5.11 Å². The molecule has 0 atom stereocenters. The minimum atomic E-state index is -2.62. The first kappa shape index (κ1) is 8.78. The van der Waals surface area contributed by atoms with E-state index in [0.717, 1.165) is 6.92 Å². The van der Waals surface area contributed by atoms with Crippen LogP contribution in [-0.2, 0) is 0 Å². The average Bonchev–Trinajstić information content (AvgIpc) is 1.63. The molecule has 0 aromatic rings. The van der Waals surface area contributed by atoms with Crippen molar-refractivity contribution >= 4 is 0 Å². The summed E-state index contributed by atoms with van der Waals surface area (Å²) in [5.74, 6) is -2.62. The number of nitrogens with two attached hydrogens (primary N) is 1. The molecule has 0 amide bonds. The maximum atomic E-state index is 11.9. The van der Waals surface area contributed by atoms with Crippen molar-refractivity contribution in [2.75, 3.05) is 19.7 Å². The van der Waals surface area contributed by atoms with Gasteiger partial charge in [0.2, 0.25) is 0 Å². The Labute approximate surface area is 52.9 Å². The fraction of sp³-hybridized carbons (Fsp3) is 1.00. The van der Waals surface area contributed by atoms with Gasteiger partial charge in [-0.25, -0.2) is 8.78 Å². The fourth-order valence-electron chi connectivity index (χ4n) is 0.447. The maximum absolute atomic E-state index is 11.9. The van der Waals surface area contributed by atoms with Crippen LogP contribution in [-0.4, -0.2) is 30.7 Å². The van der Waals surface area contributed by atoms with E-state index in [-0.39, 0.29) is 13.2 Å². The second-order valence-corrected chi connectivity index (χ2v) is 2.08. The van der Waals surface area contributed by atoms with Gasteiger partial charge in [-0.05, 0) is 0 Å². The first-order valence-corrected chi connectivity index (χ1v) is 2.86. The third kappa shape index (κ3) is 7.78. The molecule has 0 aromatic carbocycles. The minimum Gasteiger partial charge on any atom is -0.391 e. The van der Waals surface area contributed by atoms with Crippen molar-refractivity contribution in [2.24, 2.45) is 0 Å². The Balaban J connectivity index is 3.07. The Bertz CT molecular complexity index is 71.8. The first-order valence-electron chi connectivity index (χ1n) is 2.86. The predicted octanol–water partition coefficient (Wildman–Crippen LogP) is -0.803. The Morgan fingerprint density at radius 3 is 2.44 bits per heavy atom. The van der Waals surface area contributed by atoms with Gasteiger partial charge in [0.15, 0.2) is 0 Å². The molecule has 0 rings (SSSR count). The van der Waals surface area contributed by atoms with Gasteiger partial charge in [-0.2, -0.15) is 0 Å². The summed E-state index contributed by atoms with van der Waals surface area (Å²) in [4.78, 5) is 0. The van der Waals surface area contributed by atoms with Crippen LogP contribution in [0.4, 0.5) is 8.78 Å². The van der Waals surface area contributed by atoms with Gasteiger partial charge in [0.05, 0.1) is 13.2 Å². The van der Waals surface area contributed by atoms with Gasteiger partial charge in [0.1, 0.15) is 6.54 Å². The van der Waals surface area contributed by atoms with Crippen LogP contribution in [0.5, 0.6) is 0 Å². The van der Waals surface area contributed by atoms with Crippen molar-refractivity contribution in [1.29, 1.82) is 0 Å². The van der Waals surface area contributed by atoms with Crippen molar-refractivity contribution < 1.29 is 19.2 Å². The molecule has 4 heteroatoms. The molecule has 0 spiro atoms. The van der Waals surface area contributed by atoms with E-state index in [1.807, 2.05) is 0 Å². The number of quaternary nitrogens is 1. The van der Waals surface area contributed by atoms with Gasteiger partial charge in [0, 0.05) is 6.92 Å². The highest BCUT2D eigenvalue weighted by Gasteiger charge is 2.22. The van der Waals surface area contributed by atoms with Crippen LogP contribution in [0.25, 0.3) is 0 Å². The lowest BCUT2D eigenvalue weighted by molar-refractivity contribution is -0.670. The molecule has 0 aliphatic heterocycles. The number of aliphatic hydroxyl groups excluding tert-OH is 1. The second kappa shape index (κ2) is 3.74. The molecule has 9 heavy (non-hydrogen) atoms. The topological polar surface area (TPSA) is 36.8 Å². The van der Waals surface area contributed by atoms with Gasteiger partial charge < -0.3 is 10.4 Å². The predicted molar refractivity (Wildman–Crippen MR) is 29.4 cm³/mol. The molecule has 0 fully saturated rings. The Morgan fingerprint density at radius 1 is 1.56 bits per heavy atom. The average molecular weight is 140 g/mol. The van der Waals surface area contributed by atoms with Crippen LogP contribution < -0.4 is 5.32 Å². The van der Waals surface area contributed by atoms with E-state index in [9.17, 15) is 8.78 Å². The van der Waals surface area contributed by atoms with Crippen LogP contribution in [0, 0.1) is 0 Å². The zero-order valence-electron chi connectivity index (χ0n) is 5.40. The van der Waals surface area contributed by atoms with E-state index in [2.05, 4.69) is 0 Å². The van der Waals surface area contributed by atoms with Gasteiger partial charge >= 0.3 is 0 Å². The Kier molecular flexibility index (Phi) is 3.65. The normalized spacial score (nSPS) is 12.0. The summed E-state index contributed by atoms with van der Waals surface area (Å²) in [5.41, 5.74) is 0. The van der Waals surface area contributed by atoms with Crippen molar-refractivity contribution in [3.05, 3.63) is 0 Å². The minimum absolute atomic E-state index is 0.0456. The Hall–Kier alpha value is -0.220. The van der Waals surface area contributed by atoms with E-state index < -0.39 is 5.92 Å². The summed E-state index contributed by atoms with van der Waals surface area (Å²) in [6.45, 7) is 0.925.